The summed E-state index contributed by atoms with van der Waals surface area (Å²) in [5.74, 6) is 0. The Labute approximate surface area is 182 Å². The van der Waals surface area contributed by atoms with Crippen LogP contribution in [0.15, 0.2) is 21.9 Å². The molecule has 1 aliphatic rings. The predicted molar refractivity (Wildman–Crippen MR) is 125 cm³/mol. The van der Waals surface area contributed by atoms with Crippen molar-refractivity contribution in [3.05, 3.63) is 33.1 Å². The van der Waals surface area contributed by atoms with Crippen molar-refractivity contribution in [1.82, 2.24) is 9.55 Å². The Hall–Kier alpha value is -1.01. The van der Waals surface area contributed by atoms with Gasteiger partial charge in [-0.25, -0.2) is 4.79 Å². The van der Waals surface area contributed by atoms with Crippen molar-refractivity contribution < 1.29 is 14.3 Å². The molecule has 172 valence electrons. The Morgan fingerprint density at radius 3 is 2.13 bits per heavy atom. The van der Waals surface area contributed by atoms with E-state index in [0.29, 0.717) is 13.0 Å². The summed E-state index contributed by atoms with van der Waals surface area (Å²) in [6.07, 6.45) is 0.745. The number of aliphatic hydroxyl groups is 1. The van der Waals surface area contributed by atoms with Crippen molar-refractivity contribution in [2.24, 2.45) is 0 Å². The Morgan fingerprint density at radius 1 is 1.10 bits per heavy atom. The summed E-state index contributed by atoms with van der Waals surface area (Å²) in [7, 11) is -3.97. The highest BCUT2D eigenvalue weighted by molar-refractivity contribution is 6.82. The fourth-order valence-corrected chi connectivity index (χ4v) is 12.7. The third kappa shape index (κ3) is 4.45. The van der Waals surface area contributed by atoms with Crippen molar-refractivity contribution in [2.75, 3.05) is 6.61 Å². The van der Waals surface area contributed by atoms with Gasteiger partial charge in [-0.05, 0) is 18.1 Å². The number of ether oxygens (including phenoxy) is 1. The van der Waals surface area contributed by atoms with Crippen LogP contribution in [0.3, 0.4) is 0 Å². The van der Waals surface area contributed by atoms with Crippen LogP contribution in [0.5, 0.6) is 0 Å². The molecule has 0 aliphatic carbocycles. The molecule has 1 aromatic heterocycles. The zero-order chi connectivity index (χ0) is 22.6. The molecule has 1 aromatic rings. The number of nitrogens with zero attached hydrogens (tertiary/aromatic N) is 1. The van der Waals surface area contributed by atoms with Gasteiger partial charge in [0.05, 0.1) is 19.9 Å². The molecule has 9 heteroatoms. The maximum Gasteiger partial charge on any atom is 0.330 e. The van der Waals surface area contributed by atoms with Gasteiger partial charge in [0.1, 0.15) is 12.3 Å². The lowest BCUT2D eigenvalue weighted by Crippen LogP contribution is -2.63. The molecule has 3 atom stereocenters. The van der Waals surface area contributed by atoms with E-state index in [1.54, 1.807) is 0 Å². The van der Waals surface area contributed by atoms with Gasteiger partial charge in [0, 0.05) is 18.7 Å². The van der Waals surface area contributed by atoms with Gasteiger partial charge in [-0.3, -0.25) is 14.3 Å². The van der Waals surface area contributed by atoms with E-state index >= 15 is 0 Å². The lowest BCUT2D eigenvalue weighted by atomic mass is 10.1. The molecule has 0 unspecified atom stereocenters. The highest BCUT2D eigenvalue weighted by Crippen LogP contribution is 2.47. The van der Waals surface area contributed by atoms with Crippen LogP contribution in [-0.4, -0.2) is 49.0 Å². The number of H-pyrrole nitrogens is 1. The van der Waals surface area contributed by atoms with Gasteiger partial charge in [-0.1, -0.05) is 59.7 Å². The fraction of sp³-hybridized carbons (Fsp3) is 0.810. The monoisotopic (exact) mass is 456 g/mol. The Balaban J connectivity index is 2.44. The van der Waals surface area contributed by atoms with Crippen molar-refractivity contribution in [3.63, 3.8) is 0 Å². The molecule has 1 fully saturated rings. The summed E-state index contributed by atoms with van der Waals surface area (Å²) in [6, 6.07) is 7.26. The number of nitrogens with one attached hydrogen (secondary N) is 1. The second-order valence-electron chi connectivity index (χ2n) is 8.62. The minimum atomic E-state index is -2.12. The van der Waals surface area contributed by atoms with Gasteiger partial charge in [0.25, 0.3) is 5.56 Å². The summed E-state index contributed by atoms with van der Waals surface area (Å²) in [4.78, 5) is 26.2. The molecule has 2 heterocycles. The zero-order valence-corrected chi connectivity index (χ0v) is 21.5. The van der Waals surface area contributed by atoms with Crippen LogP contribution in [0.25, 0.3) is 0 Å². The van der Waals surface area contributed by atoms with Crippen molar-refractivity contribution in [1.29, 1.82) is 0 Å². The zero-order valence-electron chi connectivity index (χ0n) is 19.5. The van der Waals surface area contributed by atoms with Gasteiger partial charge in [-0.2, -0.15) is 0 Å². The van der Waals surface area contributed by atoms with Crippen molar-refractivity contribution in [3.8, 4) is 0 Å². The lowest BCUT2D eigenvalue weighted by molar-refractivity contribution is -0.0563. The minimum absolute atomic E-state index is 0.355. The SMILES string of the molecule is CC[Si](CC)(CC)OC[C@H]1O[C@@H](n2ccc(=O)[nH]c2=O)C[C@]1(O)[Si](CC)(CC)CC. The van der Waals surface area contributed by atoms with Crippen LogP contribution in [0.2, 0.25) is 36.3 Å². The van der Waals surface area contributed by atoms with Gasteiger partial charge < -0.3 is 14.3 Å². The molecule has 2 N–H and O–H groups in total. The number of aromatic amines is 1. The lowest BCUT2D eigenvalue weighted by Gasteiger charge is -2.45. The first-order valence-corrected chi connectivity index (χ1v) is 16.7. The van der Waals surface area contributed by atoms with Crippen LogP contribution >= 0.6 is 0 Å². The van der Waals surface area contributed by atoms with Gasteiger partial charge in [0.2, 0.25) is 0 Å². The van der Waals surface area contributed by atoms with E-state index in [2.05, 4.69) is 46.5 Å². The number of hydrogen-bond acceptors (Lipinski definition) is 5. The highest BCUT2D eigenvalue weighted by atomic mass is 28.4. The van der Waals surface area contributed by atoms with Crippen LogP contribution in [0.1, 0.15) is 54.2 Å². The first-order chi connectivity index (χ1) is 14.2. The summed E-state index contributed by atoms with van der Waals surface area (Å²) in [5.41, 5.74) is -0.944. The van der Waals surface area contributed by atoms with Crippen LogP contribution in [0, 0.1) is 0 Å². The Bertz CT molecular complexity index is 787. The molecule has 0 amide bonds. The van der Waals surface area contributed by atoms with E-state index < -0.39 is 45.2 Å². The molecule has 1 saturated heterocycles. The molecular weight excluding hydrogens is 416 g/mol. The molecule has 1 aliphatic heterocycles. The third-order valence-electron chi connectivity index (χ3n) is 7.92. The molecular formula is C21H40N2O5Si2. The molecule has 7 nitrogen and oxygen atoms in total. The standard InChI is InChI=1S/C21H40N2O5Si2/c1-7-29(8-2,9-3)21(26)15-19(23-14-13-18(24)22-20(23)25)28-17(21)16-27-30(10-4,11-5)12-6/h13-14,17,19,26H,7-12,15-16H2,1-6H3,(H,22,24,25)/t17-,19-,21+/m1/s1. The maximum absolute atomic E-state index is 12.4. The predicted octanol–water partition coefficient (Wildman–Crippen LogP) is 3.62. The summed E-state index contributed by atoms with van der Waals surface area (Å²) < 4.78 is 14.3. The van der Waals surface area contributed by atoms with Crippen LogP contribution in [0.4, 0.5) is 0 Å². The average Bonchev–Trinajstić information content (AvgIpc) is 3.08. The number of rotatable bonds is 11. The second kappa shape index (κ2) is 10.1. The van der Waals surface area contributed by atoms with Gasteiger partial charge in [-0.15, -0.1) is 0 Å². The average molecular weight is 457 g/mol. The first kappa shape index (κ1) is 25.3. The van der Waals surface area contributed by atoms with E-state index in [1.165, 1.54) is 16.8 Å². The molecule has 0 saturated carbocycles. The summed E-state index contributed by atoms with van der Waals surface area (Å²) in [5, 5.41) is 11.2. The smallest absolute Gasteiger partial charge is 0.330 e. The first-order valence-electron chi connectivity index (χ1n) is 11.5. The number of aromatic nitrogens is 2. The Kier molecular flexibility index (Phi) is 8.48. The number of hydrogen-bond donors (Lipinski definition) is 2. The Morgan fingerprint density at radius 2 is 1.67 bits per heavy atom. The van der Waals surface area contributed by atoms with Crippen LogP contribution < -0.4 is 11.2 Å². The normalized spacial score (nSPS) is 25.0. The summed E-state index contributed by atoms with van der Waals surface area (Å²) in [6.45, 7) is 13.4. The molecule has 0 spiro atoms. The van der Waals surface area contributed by atoms with Gasteiger partial charge >= 0.3 is 5.69 Å². The molecule has 0 bridgehead atoms. The largest absolute Gasteiger partial charge is 0.414 e. The van der Waals surface area contributed by atoms with Crippen molar-refractivity contribution in [2.45, 2.75) is 102 Å². The van der Waals surface area contributed by atoms with Gasteiger partial charge in [0.15, 0.2) is 8.32 Å². The third-order valence-corrected chi connectivity index (χ3v) is 19.0. The highest BCUT2D eigenvalue weighted by Gasteiger charge is 2.59. The van der Waals surface area contributed by atoms with E-state index in [0.717, 1.165) is 36.3 Å². The second-order valence-corrected chi connectivity index (χ2v) is 18.9. The molecule has 30 heavy (non-hydrogen) atoms. The fourth-order valence-electron chi connectivity index (χ4n) is 5.28. The quantitative estimate of drug-likeness (QED) is 0.496. The minimum Gasteiger partial charge on any atom is -0.414 e. The molecule has 0 aromatic carbocycles. The maximum atomic E-state index is 12.4. The van der Waals surface area contributed by atoms with E-state index in [9.17, 15) is 14.7 Å². The van der Waals surface area contributed by atoms with E-state index in [1.807, 2.05) is 0 Å². The summed E-state index contributed by atoms with van der Waals surface area (Å²) >= 11 is 0. The van der Waals surface area contributed by atoms with Crippen LogP contribution in [-0.2, 0) is 9.16 Å². The van der Waals surface area contributed by atoms with Crippen molar-refractivity contribution >= 4 is 16.4 Å². The topological polar surface area (TPSA) is 93.5 Å². The molecule has 0 radical (unpaired) electrons. The van der Waals surface area contributed by atoms with E-state index in [4.69, 9.17) is 9.16 Å². The molecule has 2 rings (SSSR count). The van der Waals surface area contributed by atoms with E-state index in [-0.39, 0.29) is 0 Å².